The van der Waals surface area contributed by atoms with Gasteiger partial charge in [-0.05, 0) is 20.8 Å². The molecule has 1 N–H and O–H groups in total. The van der Waals surface area contributed by atoms with Crippen LogP contribution in [0.4, 0.5) is 0 Å². The number of aliphatic hydroxyl groups excluding tert-OH is 1. The third-order valence-electron chi connectivity index (χ3n) is 2.44. The number of aliphatic hydroxyl groups is 1. The van der Waals surface area contributed by atoms with E-state index in [0.29, 0.717) is 6.42 Å². The van der Waals surface area contributed by atoms with Crippen LogP contribution in [0.5, 0.6) is 0 Å². The molecule has 1 rings (SSSR count). The Hall–Kier alpha value is -0.650. The minimum atomic E-state index is -0.641. The second-order valence-corrected chi connectivity index (χ2v) is 4.99. The van der Waals surface area contributed by atoms with Gasteiger partial charge in [0.2, 0.25) is 0 Å². The third kappa shape index (κ3) is 3.43. The van der Waals surface area contributed by atoms with Crippen molar-refractivity contribution in [2.24, 2.45) is 5.41 Å². The highest BCUT2D eigenvalue weighted by atomic mass is 16.7. The van der Waals surface area contributed by atoms with Crippen molar-refractivity contribution in [1.82, 2.24) is 0 Å². The van der Waals surface area contributed by atoms with Crippen LogP contribution in [0.1, 0.15) is 27.2 Å². The summed E-state index contributed by atoms with van der Waals surface area (Å²) in [6, 6.07) is 0. The zero-order valence-corrected chi connectivity index (χ0v) is 10.2. The van der Waals surface area contributed by atoms with Gasteiger partial charge in [-0.1, -0.05) is 0 Å². The normalized spacial score (nSPS) is 30.4. The molecule has 0 aromatic carbocycles. The van der Waals surface area contributed by atoms with Crippen LogP contribution in [-0.4, -0.2) is 43.3 Å². The molecule has 16 heavy (non-hydrogen) atoms. The highest BCUT2D eigenvalue weighted by Gasteiger charge is 2.35. The fourth-order valence-electron chi connectivity index (χ4n) is 1.37. The molecule has 0 spiro atoms. The number of rotatable bonds is 3. The molecular weight excluding hydrogens is 212 g/mol. The summed E-state index contributed by atoms with van der Waals surface area (Å²) in [5, 5.41) is 9.61. The molecule has 1 saturated heterocycles. The van der Waals surface area contributed by atoms with Crippen molar-refractivity contribution < 1.29 is 24.1 Å². The summed E-state index contributed by atoms with van der Waals surface area (Å²) in [4.78, 5) is 11.5. The van der Waals surface area contributed by atoms with Crippen molar-refractivity contribution in [2.75, 3.05) is 13.7 Å². The van der Waals surface area contributed by atoms with Crippen LogP contribution >= 0.6 is 0 Å². The first kappa shape index (κ1) is 13.4. The molecule has 0 aromatic rings. The second kappa shape index (κ2) is 5.12. The van der Waals surface area contributed by atoms with Gasteiger partial charge in [-0.25, -0.2) is 0 Å². The van der Waals surface area contributed by atoms with Crippen molar-refractivity contribution in [3.05, 3.63) is 0 Å². The number of hydrogen-bond donors (Lipinski definition) is 1. The van der Waals surface area contributed by atoms with Crippen molar-refractivity contribution in [3.8, 4) is 0 Å². The molecule has 0 saturated carbocycles. The van der Waals surface area contributed by atoms with E-state index < -0.39 is 23.9 Å². The fourth-order valence-corrected chi connectivity index (χ4v) is 1.37. The molecule has 94 valence electrons. The quantitative estimate of drug-likeness (QED) is 0.725. The Kier molecular flexibility index (Phi) is 4.29. The Bertz CT molecular complexity index is 245. The maximum absolute atomic E-state index is 11.5. The molecule has 0 unspecified atom stereocenters. The molecule has 5 nitrogen and oxygen atoms in total. The van der Waals surface area contributed by atoms with Gasteiger partial charge in [-0.3, -0.25) is 4.79 Å². The van der Waals surface area contributed by atoms with Gasteiger partial charge in [0.05, 0.1) is 11.5 Å². The molecule has 0 amide bonds. The molecule has 1 heterocycles. The second-order valence-electron chi connectivity index (χ2n) is 4.99. The molecule has 0 radical (unpaired) electrons. The van der Waals surface area contributed by atoms with E-state index in [1.165, 1.54) is 7.11 Å². The number of ether oxygens (including phenoxy) is 3. The third-order valence-corrected chi connectivity index (χ3v) is 2.44. The minimum Gasteiger partial charge on any atom is -0.462 e. The lowest BCUT2D eigenvalue weighted by atomic mass is 9.97. The van der Waals surface area contributed by atoms with Gasteiger partial charge < -0.3 is 19.3 Å². The van der Waals surface area contributed by atoms with Gasteiger partial charge in [0.1, 0.15) is 12.7 Å². The van der Waals surface area contributed by atoms with E-state index in [0.717, 1.165) is 0 Å². The number of carbonyl (C=O) groups excluding carboxylic acids is 1. The number of hydrogen-bond acceptors (Lipinski definition) is 5. The van der Waals surface area contributed by atoms with E-state index in [9.17, 15) is 9.90 Å². The largest absolute Gasteiger partial charge is 0.462 e. The predicted octanol–water partition coefficient (Wildman–Crippen LogP) is 0.698. The van der Waals surface area contributed by atoms with Gasteiger partial charge in [-0.2, -0.15) is 0 Å². The van der Waals surface area contributed by atoms with E-state index >= 15 is 0 Å². The van der Waals surface area contributed by atoms with Crippen LogP contribution in [0, 0.1) is 5.41 Å². The molecule has 1 aliphatic heterocycles. The number of methoxy groups -OCH3 is 1. The summed E-state index contributed by atoms with van der Waals surface area (Å²) < 4.78 is 15.4. The van der Waals surface area contributed by atoms with Gasteiger partial charge in [0.15, 0.2) is 6.29 Å². The van der Waals surface area contributed by atoms with Gasteiger partial charge in [0.25, 0.3) is 0 Å². The maximum Gasteiger partial charge on any atom is 0.311 e. The average molecular weight is 232 g/mol. The average Bonchev–Trinajstić information content (AvgIpc) is 2.54. The molecule has 0 aliphatic carbocycles. The van der Waals surface area contributed by atoms with E-state index in [1.807, 2.05) is 0 Å². The lowest BCUT2D eigenvalue weighted by Gasteiger charge is -2.19. The first-order chi connectivity index (χ1) is 7.34. The first-order valence-corrected chi connectivity index (χ1v) is 5.38. The van der Waals surface area contributed by atoms with Gasteiger partial charge in [0, 0.05) is 13.5 Å². The van der Waals surface area contributed by atoms with Crippen LogP contribution in [0.3, 0.4) is 0 Å². The van der Waals surface area contributed by atoms with Crippen molar-refractivity contribution >= 4 is 5.97 Å². The Morgan fingerprint density at radius 3 is 2.56 bits per heavy atom. The van der Waals surface area contributed by atoms with Crippen molar-refractivity contribution in [3.63, 3.8) is 0 Å². The van der Waals surface area contributed by atoms with E-state index in [2.05, 4.69) is 0 Å². The summed E-state index contributed by atoms with van der Waals surface area (Å²) >= 11 is 0. The fraction of sp³-hybridized carbons (Fsp3) is 0.909. The van der Waals surface area contributed by atoms with E-state index in [1.54, 1.807) is 20.8 Å². The van der Waals surface area contributed by atoms with Crippen LogP contribution in [-0.2, 0) is 19.0 Å². The molecule has 0 aromatic heterocycles. The highest BCUT2D eigenvalue weighted by Crippen LogP contribution is 2.22. The zero-order valence-electron chi connectivity index (χ0n) is 10.2. The van der Waals surface area contributed by atoms with E-state index in [-0.39, 0.29) is 12.6 Å². The molecule has 1 fully saturated rings. The molecule has 1 aliphatic rings. The Balaban J connectivity index is 2.36. The van der Waals surface area contributed by atoms with Crippen LogP contribution in [0.15, 0.2) is 0 Å². The Morgan fingerprint density at radius 2 is 2.12 bits per heavy atom. The molecule has 0 bridgehead atoms. The predicted molar refractivity (Wildman–Crippen MR) is 56.7 cm³/mol. The molecule has 5 heteroatoms. The minimum absolute atomic E-state index is 0.0666. The lowest BCUT2D eigenvalue weighted by Crippen LogP contribution is -2.31. The van der Waals surface area contributed by atoms with Crippen molar-refractivity contribution in [1.29, 1.82) is 0 Å². The summed E-state index contributed by atoms with van der Waals surface area (Å²) in [6.07, 6.45) is -1.13. The summed E-state index contributed by atoms with van der Waals surface area (Å²) in [5.74, 6) is -0.302. The Morgan fingerprint density at radius 1 is 1.50 bits per heavy atom. The lowest BCUT2D eigenvalue weighted by molar-refractivity contribution is -0.165. The summed E-state index contributed by atoms with van der Waals surface area (Å²) in [6.45, 7) is 5.40. The maximum atomic E-state index is 11.5. The first-order valence-electron chi connectivity index (χ1n) is 5.38. The highest BCUT2D eigenvalue weighted by molar-refractivity contribution is 5.75. The Labute approximate surface area is 95.7 Å². The molecule has 3 atom stereocenters. The topological polar surface area (TPSA) is 65.0 Å². The zero-order chi connectivity index (χ0) is 12.3. The standard InChI is InChI=1S/C11H20O5/c1-11(2,3)10(13)15-6-8-7(12)5-9(14-4)16-8/h7-9,12H,5-6H2,1-4H3/t7-,8+,9-/m0/s1. The summed E-state index contributed by atoms with van der Waals surface area (Å²) in [7, 11) is 1.51. The van der Waals surface area contributed by atoms with Crippen molar-refractivity contribution in [2.45, 2.75) is 45.7 Å². The monoisotopic (exact) mass is 232 g/mol. The van der Waals surface area contributed by atoms with Crippen LogP contribution in [0.25, 0.3) is 0 Å². The SMILES string of the molecule is CO[C@@H]1C[C@H](O)[C@@H](COC(=O)C(C)(C)C)O1. The van der Waals surface area contributed by atoms with E-state index in [4.69, 9.17) is 14.2 Å². The number of carbonyl (C=O) groups is 1. The van der Waals surface area contributed by atoms with Gasteiger partial charge in [-0.15, -0.1) is 0 Å². The summed E-state index contributed by atoms with van der Waals surface area (Å²) in [5.41, 5.74) is -0.537. The smallest absolute Gasteiger partial charge is 0.311 e. The molecular formula is C11H20O5. The number of esters is 1. The van der Waals surface area contributed by atoms with Gasteiger partial charge >= 0.3 is 5.97 Å². The van der Waals surface area contributed by atoms with Crippen LogP contribution < -0.4 is 0 Å². The van der Waals surface area contributed by atoms with Crippen LogP contribution in [0.2, 0.25) is 0 Å².